The summed E-state index contributed by atoms with van der Waals surface area (Å²) in [6.45, 7) is 1.81. The second kappa shape index (κ2) is 6.41. The molecule has 2 fully saturated rings. The highest BCUT2D eigenvalue weighted by Crippen LogP contribution is 2.34. The van der Waals surface area contributed by atoms with Crippen LogP contribution in [0.2, 0.25) is 0 Å². The van der Waals surface area contributed by atoms with E-state index < -0.39 is 22.9 Å². The van der Waals surface area contributed by atoms with E-state index in [1.54, 1.807) is 11.9 Å². The van der Waals surface area contributed by atoms with Crippen LogP contribution in [0.4, 0.5) is 0 Å². The molecule has 0 heterocycles. The van der Waals surface area contributed by atoms with Gasteiger partial charge in [0.05, 0.1) is 0 Å². The Hall–Kier alpha value is -1.66. The minimum absolute atomic E-state index is 0.192. The second-order valence-electron chi connectivity index (χ2n) is 6.14. The molecular weight excluding hydrogens is 276 g/mol. The second-order valence-corrected chi connectivity index (χ2v) is 6.14. The first-order chi connectivity index (χ1) is 9.91. The molecule has 118 valence electrons. The molecule has 0 spiro atoms. The van der Waals surface area contributed by atoms with Crippen LogP contribution in [0.25, 0.3) is 0 Å². The molecule has 4 unspecified atom stereocenters. The lowest BCUT2D eigenvalue weighted by Gasteiger charge is -2.36. The molecule has 0 aliphatic heterocycles. The lowest BCUT2D eigenvalue weighted by Crippen LogP contribution is -2.44. The number of likely N-dealkylation sites (N-methyl/N-ethyl adjacent to an activating group) is 1. The Morgan fingerprint density at radius 1 is 1.33 bits per heavy atom. The van der Waals surface area contributed by atoms with Gasteiger partial charge in [-0.2, -0.15) is 0 Å². The third kappa shape index (κ3) is 3.71. The Morgan fingerprint density at radius 2 is 2.00 bits per heavy atom. The number of amides is 1. The van der Waals surface area contributed by atoms with Crippen LogP contribution in [0.1, 0.15) is 39.0 Å². The molecule has 0 aromatic heterocycles. The molecule has 2 aliphatic carbocycles. The first-order valence-electron chi connectivity index (χ1n) is 7.47. The van der Waals surface area contributed by atoms with E-state index in [0.29, 0.717) is 5.92 Å². The number of carbonyl (C=O) groups excluding carboxylic acids is 2. The molecule has 7 nitrogen and oxygen atoms in total. The number of ether oxygens (including phenoxy) is 1. The van der Waals surface area contributed by atoms with E-state index in [-0.39, 0.29) is 25.0 Å². The van der Waals surface area contributed by atoms with Crippen LogP contribution in [0, 0.1) is 22.0 Å². The summed E-state index contributed by atoms with van der Waals surface area (Å²) in [6, 6.07) is -0.638. The van der Waals surface area contributed by atoms with Crippen molar-refractivity contribution in [1.82, 2.24) is 4.90 Å². The summed E-state index contributed by atoms with van der Waals surface area (Å²) in [5, 5.41) is 10.5. The van der Waals surface area contributed by atoms with Gasteiger partial charge in [0.2, 0.25) is 6.04 Å². The fourth-order valence-electron chi connectivity index (χ4n) is 3.07. The summed E-state index contributed by atoms with van der Waals surface area (Å²) in [5.74, 6) is -1.09. The SMILES string of the molecule is CC1CCCCC1N(C)C(=O)COC(=O)C1CC1[N+](=O)[O-]. The van der Waals surface area contributed by atoms with Crippen LogP contribution in [-0.2, 0) is 14.3 Å². The quantitative estimate of drug-likeness (QED) is 0.432. The third-order valence-corrected chi connectivity index (χ3v) is 4.63. The summed E-state index contributed by atoms with van der Waals surface area (Å²) in [5.41, 5.74) is 0. The van der Waals surface area contributed by atoms with Crippen molar-refractivity contribution in [3.05, 3.63) is 10.1 Å². The number of rotatable bonds is 5. The van der Waals surface area contributed by atoms with Crippen LogP contribution >= 0.6 is 0 Å². The van der Waals surface area contributed by atoms with Crippen molar-refractivity contribution in [3.63, 3.8) is 0 Å². The molecule has 2 aliphatic rings. The van der Waals surface area contributed by atoms with Gasteiger partial charge in [-0.15, -0.1) is 0 Å². The van der Waals surface area contributed by atoms with Gasteiger partial charge in [0.25, 0.3) is 5.91 Å². The first kappa shape index (κ1) is 15.7. The standard InChI is InChI=1S/C14H22N2O5/c1-9-5-3-4-6-11(9)15(2)13(17)8-21-14(18)10-7-12(10)16(19)20/h9-12H,3-8H2,1-2H3. The maximum absolute atomic E-state index is 12.1. The van der Waals surface area contributed by atoms with Gasteiger partial charge in [-0.1, -0.05) is 19.8 Å². The molecule has 7 heteroatoms. The Kier molecular flexibility index (Phi) is 4.80. The largest absolute Gasteiger partial charge is 0.455 e. The highest BCUT2D eigenvalue weighted by molar-refractivity contribution is 5.82. The maximum atomic E-state index is 12.1. The average molecular weight is 298 g/mol. The Balaban J connectivity index is 1.76. The minimum atomic E-state index is -0.830. The first-order valence-corrected chi connectivity index (χ1v) is 7.47. The predicted molar refractivity (Wildman–Crippen MR) is 74.0 cm³/mol. The molecule has 2 rings (SSSR count). The zero-order valence-electron chi connectivity index (χ0n) is 12.5. The number of nitrogens with zero attached hydrogens (tertiary/aromatic N) is 2. The van der Waals surface area contributed by atoms with Crippen molar-refractivity contribution in [3.8, 4) is 0 Å². The number of hydrogen-bond acceptors (Lipinski definition) is 5. The lowest BCUT2D eigenvalue weighted by molar-refractivity contribution is -0.497. The van der Waals surface area contributed by atoms with E-state index in [0.717, 1.165) is 19.3 Å². The zero-order valence-corrected chi connectivity index (χ0v) is 12.5. The lowest BCUT2D eigenvalue weighted by atomic mass is 9.85. The van der Waals surface area contributed by atoms with Crippen molar-refractivity contribution in [2.75, 3.05) is 13.7 Å². The van der Waals surface area contributed by atoms with E-state index in [2.05, 4.69) is 6.92 Å². The highest BCUT2D eigenvalue weighted by atomic mass is 16.6. The van der Waals surface area contributed by atoms with Crippen molar-refractivity contribution in [1.29, 1.82) is 0 Å². The van der Waals surface area contributed by atoms with Gasteiger partial charge in [-0.05, 0) is 18.8 Å². The van der Waals surface area contributed by atoms with Crippen LogP contribution < -0.4 is 0 Å². The van der Waals surface area contributed by atoms with Gasteiger partial charge >= 0.3 is 5.97 Å². The van der Waals surface area contributed by atoms with E-state index in [1.165, 1.54) is 6.42 Å². The molecule has 0 N–H and O–H groups in total. The number of nitro groups is 1. The van der Waals surface area contributed by atoms with E-state index in [4.69, 9.17) is 4.74 Å². The van der Waals surface area contributed by atoms with Crippen molar-refractivity contribution < 1.29 is 19.2 Å². The summed E-state index contributed by atoms with van der Waals surface area (Å²) in [4.78, 5) is 35.3. The Morgan fingerprint density at radius 3 is 2.57 bits per heavy atom. The van der Waals surface area contributed by atoms with Crippen LogP contribution in [0.5, 0.6) is 0 Å². The molecule has 0 aromatic carbocycles. The van der Waals surface area contributed by atoms with Crippen molar-refractivity contribution in [2.24, 2.45) is 11.8 Å². The van der Waals surface area contributed by atoms with Crippen LogP contribution in [-0.4, -0.2) is 47.4 Å². The maximum Gasteiger partial charge on any atom is 0.316 e. The Labute approximate surface area is 123 Å². The van der Waals surface area contributed by atoms with Gasteiger partial charge in [-0.25, -0.2) is 0 Å². The van der Waals surface area contributed by atoms with E-state index in [1.807, 2.05) is 0 Å². The molecule has 0 saturated heterocycles. The molecule has 0 radical (unpaired) electrons. The molecule has 1 amide bonds. The smallest absolute Gasteiger partial charge is 0.316 e. The zero-order chi connectivity index (χ0) is 15.6. The minimum Gasteiger partial charge on any atom is -0.455 e. The van der Waals surface area contributed by atoms with E-state index >= 15 is 0 Å². The molecule has 0 bridgehead atoms. The summed E-state index contributed by atoms with van der Waals surface area (Å²) in [6.07, 6.45) is 4.60. The van der Waals surface area contributed by atoms with Gasteiger partial charge < -0.3 is 9.64 Å². The van der Waals surface area contributed by atoms with Crippen LogP contribution in [0.3, 0.4) is 0 Å². The summed E-state index contributed by atoms with van der Waals surface area (Å²) >= 11 is 0. The van der Waals surface area contributed by atoms with Gasteiger partial charge in [-0.3, -0.25) is 19.7 Å². The van der Waals surface area contributed by atoms with Gasteiger partial charge in [0, 0.05) is 24.4 Å². The van der Waals surface area contributed by atoms with Crippen molar-refractivity contribution >= 4 is 11.9 Å². The van der Waals surface area contributed by atoms with Crippen molar-refractivity contribution in [2.45, 2.75) is 51.1 Å². The molecule has 4 atom stereocenters. The fourth-order valence-corrected chi connectivity index (χ4v) is 3.07. The summed E-state index contributed by atoms with van der Waals surface area (Å²) in [7, 11) is 1.74. The number of esters is 1. The number of hydrogen-bond donors (Lipinski definition) is 0. The highest BCUT2D eigenvalue weighted by Gasteiger charge is 2.54. The monoisotopic (exact) mass is 298 g/mol. The fraction of sp³-hybridized carbons (Fsp3) is 0.857. The van der Waals surface area contributed by atoms with Gasteiger partial charge in [0.1, 0.15) is 5.92 Å². The topological polar surface area (TPSA) is 89.8 Å². The molecule has 0 aromatic rings. The summed E-state index contributed by atoms with van der Waals surface area (Å²) < 4.78 is 4.92. The normalized spacial score (nSPS) is 31.3. The Bertz CT molecular complexity index is 439. The average Bonchev–Trinajstić information content (AvgIpc) is 3.24. The van der Waals surface area contributed by atoms with Crippen LogP contribution in [0.15, 0.2) is 0 Å². The van der Waals surface area contributed by atoms with E-state index in [9.17, 15) is 19.7 Å². The molecule has 21 heavy (non-hydrogen) atoms. The molecule has 2 saturated carbocycles. The molecular formula is C14H22N2O5. The van der Waals surface area contributed by atoms with Gasteiger partial charge in [0.15, 0.2) is 6.61 Å². The third-order valence-electron chi connectivity index (χ3n) is 4.63. The predicted octanol–water partition coefficient (Wildman–Crippen LogP) is 1.23. The number of carbonyl (C=O) groups is 2.